The number of anilines is 2. The molecule has 0 saturated carbocycles. The molecule has 1 heterocycles. The maximum atomic E-state index is 12.3. The van der Waals surface area contributed by atoms with Crippen LogP contribution in [0.1, 0.15) is 11.1 Å². The maximum Gasteiger partial charge on any atom is 0.326 e. The van der Waals surface area contributed by atoms with E-state index in [2.05, 4.69) is 11.4 Å². The van der Waals surface area contributed by atoms with Crippen molar-refractivity contribution >= 4 is 29.1 Å². The number of amides is 2. The average Bonchev–Trinajstić information content (AvgIpc) is 2.68. The molecule has 0 bridgehead atoms. The average molecular weight is 275 g/mol. The number of urea groups is 1. The van der Waals surface area contributed by atoms with Crippen LogP contribution in [0.3, 0.4) is 0 Å². The molecular weight excluding hydrogens is 262 g/mol. The van der Waals surface area contributed by atoms with Crippen LogP contribution in [0.2, 0.25) is 0 Å². The van der Waals surface area contributed by atoms with E-state index in [1.165, 1.54) is 0 Å². The molecule has 0 radical (unpaired) electrons. The van der Waals surface area contributed by atoms with Crippen LogP contribution in [-0.2, 0) is 0 Å². The Hall–Kier alpha value is -3.06. The molecule has 0 unspecified atom stereocenters. The fraction of sp³-hybridized carbons (Fsp3) is 0.0588. The minimum absolute atomic E-state index is 0.234. The van der Waals surface area contributed by atoms with Crippen LogP contribution < -0.4 is 10.2 Å². The first-order chi connectivity index (χ1) is 10.3. The molecule has 102 valence electrons. The SMILES string of the molecule is CNC(=O)N1c2ccccc2C=C(C#N)c2ccccc21. The predicted octanol–water partition coefficient (Wildman–Crippen LogP) is 3.54. The molecule has 3 rings (SSSR count). The van der Waals surface area contributed by atoms with E-state index in [0.29, 0.717) is 11.3 Å². The highest BCUT2D eigenvalue weighted by Crippen LogP contribution is 2.39. The van der Waals surface area contributed by atoms with Gasteiger partial charge >= 0.3 is 6.03 Å². The molecule has 21 heavy (non-hydrogen) atoms. The van der Waals surface area contributed by atoms with Crippen molar-refractivity contribution in [1.82, 2.24) is 5.32 Å². The van der Waals surface area contributed by atoms with Gasteiger partial charge in [-0.3, -0.25) is 4.90 Å². The topological polar surface area (TPSA) is 56.1 Å². The normalized spacial score (nSPS) is 12.4. The molecule has 0 atom stereocenters. The number of benzene rings is 2. The van der Waals surface area contributed by atoms with Crippen LogP contribution in [-0.4, -0.2) is 13.1 Å². The van der Waals surface area contributed by atoms with Gasteiger partial charge in [0.1, 0.15) is 0 Å². The molecule has 2 aromatic rings. The minimum atomic E-state index is -0.234. The van der Waals surface area contributed by atoms with E-state index in [-0.39, 0.29) is 6.03 Å². The summed E-state index contributed by atoms with van der Waals surface area (Å²) in [4.78, 5) is 14.0. The fourth-order valence-corrected chi connectivity index (χ4v) is 2.50. The van der Waals surface area contributed by atoms with Crippen molar-refractivity contribution in [3.05, 3.63) is 59.7 Å². The lowest BCUT2D eigenvalue weighted by Gasteiger charge is -2.24. The molecule has 2 aromatic carbocycles. The Bertz CT molecular complexity index is 787. The first kappa shape index (κ1) is 12.9. The zero-order chi connectivity index (χ0) is 14.8. The fourth-order valence-electron chi connectivity index (χ4n) is 2.50. The van der Waals surface area contributed by atoms with Gasteiger partial charge in [0.2, 0.25) is 0 Å². The zero-order valence-corrected chi connectivity index (χ0v) is 11.5. The molecule has 4 heteroatoms. The van der Waals surface area contributed by atoms with E-state index < -0.39 is 0 Å². The van der Waals surface area contributed by atoms with Crippen LogP contribution in [0.25, 0.3) is 11.6 Å². The van der Waals surface area contributed by atoms with Crippen molar-refractivity contribution in [2.45, 2.75) is 0 Å². The van der Waals surface area contributed by atoms with Crippen molar-refractivity contribution < 1.29 is 4.79 Å². The van der Waals surface area contributed by atoms with E-state index in [1.807, 2.05) is 54.6 Å². The third kappa shape index (κ3) is 2.05. The summed E-state index contributed by atoms with van der Waals surface area (Å²) in [5.74, 6) is 0. The molecule has 1 N–H and O–H groups in total. The summed E-state index contributed by atoms with van der Waals surface area (Å²) in [5.41, 5.74) is 3.60. The van der Waals surface area contributed by atoms with Gasteiger partial charge in [-0.05, 0) is 18.2 Å². The van der Waals surface area contributed by atoms with E-state index in [1.54, 1.807) is 11.9 Å². The predicted molar refractivity (Wildman–Crippen MR) is 83.0 cm³/mol. The Kier molecular flexibility index (Phi) is 3.17. The number of carbonyl (C=O) groups excluding carboxylic acids is 1. The van der Waals surface area contributed by atoms with Crippen LogP contribution >= 0.6 is 0 Å². The highest BCUT2D eigenvalue weighted by molar-refractivity contribution is 6.09. The van der Waals surface area contributed by atoms with Crippen LogP contribution in [0, 0.1) is 11.3 Å². The highest BCUT2D eigenvalue weighted by atomic mass is 16.2. The molecule has 0 saturated heterocycles. The summed E-state index contributed by atoms with van der Waals surface area (Å²) in [6.45, 7) is 0. The Morgan fingerprint density at radius 3 is 2.48 bits per heavy atom. The Morgan fingerprint density at radius 2 is 1.76 bits per heavy atom. The molecule has 0 aromatic heterocycles. The number of para-hydroxylation sites is 2. The first-order valence-corrected chi connectivity index (χ1v) is 6.58. The largest absolute Gasteiger partial charge is 0.340 e. The molecule has 0 aliphatic carbocycles. The van der Waals surface area contributed by atoms with E-state index in [4.69, 9.17) is 0 Å². The van der Waals surface area contributed by atoms with Crippen molar-refractivity contribution in [3.8, 4) is 6.07 Å². The van der Waals surface area contributed by atoms with Gasteiger partial charge < -0.3 is 5.32 Å². The molecule has 1 aliphatic rings. The standard InChI is InChI=1S/C17H13N3O/c1-19-17(21)20-15-8-4-2-6-12(15)10-13(11-18)14-7-3-5-9-16(14)20/h2-10H,1H3,(H,19,21). The van der Waals surface area contributed by atoms with Gasteiger partial charge in [0.25, 0.3) is 0 Å². The van der Waals surface area contributed by atoms with Gasteiger partial charge in [0.05, 0.1) is 23.0 Å². The summed E-state index contributed by atoms with van der Waals surface area (Å²) in [7, 11) is 1.59. The number of rotatable bonds is 0. The number of allylic oxidation sites excluding steroid dienone is 1. The summed E-state index contributed by atoms with van der Waals surface area (Å²) in [6, 6.07) is 16.9. The van der Waals surface area contributed by atoms with E-state index in [9.17, 15) is 10.1 Å². The van der Waals surface area contributed by atoms with Crippen molar-refractivity contribution in [2.24, 2.45) is 0 Å². The molecule has 1 aliphatic heterocycles. The summed E-state index contributed by atoms with van der Waals surface area (Å²) < 4.78 is 0. The molecule has 4 nitrogen and oxygen atoms in total. The van der Waals surface area contributed by atoms with Gasteiger partial charge in [-0.2, -0.15) is 5.26 Å². The number of nitrogens with zero attached hydrogens (tertiary/aromatic N) is 2. The van der Waals surface area contributed by atoms with E-state index in [0.717, 1.165) is 16.8 Å². The van der Waals surface area contributed by atoms with Crippen LogP contribution in [0.15, 0.2) is 48.5 Å². The lowest BCUT2D eigenvalue weighted by Crippen LogP contribution is -2.35. The van der Waals surface area contributed by atoms with Crippen molar-refractivity contribution in [2.75, 3.05) is 11.9 Å². The lowest BCUT2D eigenvalue weighted by molar-refractivity contribution is 0.250. The third-order valence-electron chi connectivity index (χ3n) is 3.45. The van der Waals surface area contributed by atoms with Gasteiger partial charge in [0, 0.05) is 18.2 Å². The minimum Gasteiger partial charge on any atom is -0.340 e. The van der Waals surface area contributed by atoms with Crippen LogP contribution in [0.5, 0.6) is 0 Å². The molecular formula is C17H13N3O. The number of carbonyl (C=O) groups is 1. The Labute approximate surface area is 122 Å². The van der Waals surface area contributed by atoms with Gasteiger partial charge in [-0.25, -0.2) is 4.79 Å². The highest BCUT2D eigenvalue weighted by Gasteiger charge is 2.25. The lowest BCUT2D eigenvalue weighted by atomic mass is 10.0. The number of hydrogen-bond acceptors (Lipinski definition) is 2. The van der Waals surface area contributed by atoms with Gasteiger partial charge in [-0.1, -0.05) is 36.4 Å². The van der Waals surface area contributed by atoms with Gasteiger partial charge in [-0.15, -0.1) is 0 Å². The van der Waals surface area contributed by atoms with Crippen LogP contribution in [0.4, 0.5) is 16.2 Å². The quantitative estimate of drug-likeness (QED) is 0.799. The summed E-state index contributed by atoms with van der Waals surface area (Å²) in [6.07, 6.45) is 1.82. The molecule has 2 amide bonds. The Morgan fingerprint density at radius 1 is 1.10 bits per heavy atom. The summed E-state index contributed by atoms with van der Waals surface area (Å²) >= 11 is 0. The second-order valence-corrected chi connectivity index (χ2v) is 4.64. The Balaban J connectivity index is 2.36. The number of nitrogens with one attached hydrogen (secondary N) is 1. The van der Waals surface area contributed by atoms with Crippen molar-refractivity contribution in [1.29, 1.82) is 5.26 Å². The second kappa shape index (κ2) is 5.14. The third-order valence-corrected chi connectivity index (χ3v) is 3.45. The molecule has 0 spiro atoms. The zero-order valence-electron chi connectivity index (χ0n) is 11.5. The molecule has 0 fully saturated rings. The smallest absolute Gasteiger partial charge is 0.326 e. The number of fused-ring (bicyclic) bond motifs is 2. The van der Waals surface area contributed by atoms with Crippen molar-refractivity contribution in [3.63, 3.8) is 0 Å². The van der Waals surface area contributed by atoms with E-state index >= 15 is 0 Å². The number of nitriles is 1. The first-order valence-electron chi connectivity index (χ1n) is 6.58. The maximum absolute atomic E-state index is 12.3. The second-order valence-electron chi connectivity index (χ2n) is 4.64. The number of hydrogen-bond donors (Lipinski definition) is 1. The summed E-state index contributed by atoms with van der Waals surface area (Å²) in [5, 5.41) is 12.1. The monoisotopic (exact) mass is 275 g/mol. The van der Waals surface area contributed by atoms with Gasteiger partial charge in [0.15, 0.2) is 0 Å².